The van der Waals surface area contributed by atoms with Gasteiger partial charge in [0.1, 0.15) is 23.4 Å². The van der Waals surface area contributed by atoms with Crippen LogP contribution < -0.4 is 10.6 Å². The molecule has 0 aromatic heterocycles. The second-order valence-electron chi connectivity index (χ2n) is 12.6. The third-order valence-electron chi connectivity index (χ3n) is 6.35. The molecule has 8 heteroatoms. The van der Waals surface area contributed by atoms with Gasteiger partial charge in [-0.1, -0.05) is 56.4 Å². The van der Waals surface area contributed by atoms with Crippen LogP contribution in [0.1, 0.15) is 96.9 Å². The Labute approximate surface area is 251 Å². The lowest BCUT2D eigenvalue weighted by Crippen LogP contribution is -2.55. The van der Waals surface area contributed by atoms with Crippen molar-refractivity contribution in [2.75, 3.05) is 6.54 Å². The fourth-order valence-corrected chi connectivity index (χ4v) is 4.47. The molecule has 0 spiro atoms. The fraction of sp³-hybridized carbons (Fsp3) is 0.500. The summed E-state index contributed by atoms with van der Waals surface area (Å²) in [5, 5.41) is 15.6. The van der Waals surface area contributed by atoms with E-state index in [1.54, 1.807) is 62.1 Å². The van der Waals surface area contributed by atoms with Crippen molar-refractivity contribution in [3.05, 3.63) is 65.2 Å². The molecule has 8 nitrogen and oxygen atoms in total. The van der Waals surface area contributed by atoms with Crippen molar-refractivity contribution in [2.45, 2.75) is 104 Å². The lowest BCUT2D eigenvalue weighted by molar-refractivity contribution is -0.143. The second-order valence-corrected chi connectivity index (χ2v) is 12.6. The Balaban J connectivity index is 2.60. The van der Waals surface area contributed by atoms with Gasteiger partial charge in [-0.05, 0) is 83.4 Å². The first-order valence-electron chi connectivity index (χ1n) is 14.6. The van der Waals surface area contributed by atoms with Crippen molar-refractivity contribution in [3.8, 4) is 18.1 Å². The van der Waals surface area contributed by atoms with Crippen LogP contribution in [-0.2, 0) is 20.7 Å². The molecule has 0 aliphatic carbocycles. The molecule has 3 amide bonds. The number of hydrogen-bond donors (Lipinski definition) is 3. The molecule has 2 aromatic rings. The number of benzene rings is 2. The van der Waals surface area contributed by atoms with Gasteiger partial charge in [-0.15, -0.1) is 6.42 Å². The van der Waals surface area contributed by atoms with E-state index in [0.29, 0.717) is 24.1 Å². The van der Waals surface area contributed by atoms with Crippen molar-refractivity contribution in [1.82, 2.24) is 15.5 Å². The van der Waals surface area contributed by atoms with Crippen LogP contribution in [0.5, 0.6) is 5.75 Å². The number of aromatic hydroxyl groups is 1. The summed E-state index contributed by atoms with van der Waals surface area (Å²) in [6, 6.07) is 11.5. The van der Waals surface area contributed by atoms with E-state index in [1.165, 1.54) is 12.1 Å². The molecule has 3 N–H and O–H groups in total. The quantitative estimate of drug-likeness (QED) is 0.216. The first-order valence-corrected chi connectivity index (χ1v) is 14.6. The van der Waals surface area contributed by atoms with Gasteiger partial charge in [0.25, 0.3) is 0 Å². The lowest BCUT2D eigenvalue weighted by atomic mass is 9.97. The first kappa shape index (κ1) is 34.2. The van der Waals surface area contributed by atoms with Gasteiger partial charge in [-0.3, -0.25) is 9.59 Å². The Hall–Kier alpha value is -3.99. The minimum Gasteiger partial charge on any atom is -0.508 e. The molecule has 0 radical (unpaired) electrons. The standard InChI is InChI=1S/C34H47N3O5/c1-9-11-12-13-22-37(29(30(39)36-33(3,4)5)26-18-14-24(10-2)15-19-26)31(40)28(35-32(41)42-34(6,7)8)23-25-16-20-27(38)21-17-25/h2,14-21,28-29,38H,9,11-13,22-23H2,1,3-8H3,(H,35,41)(H,36,39). The highest BCUT2D eigenvalue weighted by Gasteiger charge is 2.37. The summed E-state index contributed by atoms with van der Waals surface area (Å²) in [4.78, 5) is 42.9. The molecule has 2 atom stereocenters. The van der Waals surface area contributed by atoms with Gasteiger partial charge in [0.05, 0.1) is 0 Å². The summed E-state index contributed by atoms with van der Waals surface area (Å²) in [6.07, 6.45) is 8.53. The molecular formula is C34H47N3O5. The molecule has 228 valence electrons. The van der Waals surface area contributed by atoms with E-state index < -0.39 is 35.2 Å². The summed E-state index contributed by atoms with van der Waals surface area (Å²) >= 11 is 0. The number of nitrogens with one attached hydrogen (secondary N) is 2. The molecule has 2 aromatic carbocycles. The van der Waals surface area contributed by atoms with Crippen molar-refractivity contribution < 1.29 is 24.2 Å². The molecular weight excluding hydrogens is 530 g/mol. The van der Waals surface area contributed by atoms with Gasteiger partial charge >= 0.3 is 6.09 Å². The third-order valence-corrected chi connectivity index (χ3v) is 6.35. The number of hydrogen-bond acceptors (Lipinski definition) is 5. The van der Waals surface area contributed by atoms with E-state index in [1.807, 2.05) is 20.8 Å². The van der Waals surface area contributed by atoms with Crippen molar-refractivity contribution in [1.29, 1.82) is 0 Å². The predicted octanol–water partition coefficient (Wildman–Crippen LogP) is 5.87. The van der Waals surface area contributed by atoms with Gasteiger partial charge in [0.15, 0.2) is 0 Å². The van der Waals surface area contributed by atoms with Crippen LogP contribution >= 0.6 is 0 Å². The number of carbonyl (C=O) groups is 3. The molecule has 42 heavy (non-hydrogen) atoms. The van der Waals surface area contributed by atoms with E-state index in [0.717, 1.165) is 24.8 Å². The highest BCUT2D eigenvalue weighted by atomic mass is 16.6. The van der Waals surface area contributed by atoms with Gasteiger partial charge in [-0.2, -0.15) is 0 Å². The van der Waals surface area contributed by atoms with Gasteiger partial charge in [0.2, 0.25) is 11.8 Å². The van der Waals surface area contributed by atoms with Gasteiger partial charge in [-0.25, -0.2) is 4.79 Å². The molecule has 0 saturated heterocycles. The minimum absolute atomic E-state index is 0.0913. The number of nitrogens with zero attached hydrogens (tertiary/aromatic N) is 1. The molecule has 0 saturated carbocycles. The van der Waals surface area contributed by atoms with Crippen molar-refractivity contribution in [2.24, 2.45) is 0 Å². The smallest absolute Gasteiger partial charge is 0.408 e. The normalized spacial score (nSPS) is 12.9. The van der Waals surface area contributed by atoms with E-state index in [-0.39, 0.29) is 18.1 Å². The summed E-state index contributed by atoms with van der Waals surface area (Å²) in [7, 11) is 0. The number of terminal acetylenes is 1. The van der Waals surface area contributed by atoms with Crippen LogP contribution in [0, 0.1) is 12.3 Å². The number of rotatable bonds is 12. The summed E-state index contributed by atoms with van der Waals surface area (Å²) in [6.45, 7) is 13.3. The third kappa shape index (κ3) is 11.5. The summed E-state index contributed by atoms with van der Waals surface area (Å²) in [5.41, 5.74) is 0.670. The predicted molar refractivity (Wildman–Crippen MR) is 166 cm³/mol. The van der Waals surface area contributed by atoms with Crippen molar-refractivity contribution >= 4 is 17.9 Å². The molecule has 0 heterocycles. The van der Waals surface area contributed by atoms with Crippen LogP contribution in [-0.4, -0.2) is 51.6 Å². The number of ether oxygens (including phenoxy) is 1. The number of phenols is 1. The second kappa shape index (κ2) is 15.3. The van der Waals surface area contributed by atoms with Crippen LogP contribution in [0.3, 0.4) is 0 Å². The highest BCUT2D eigenvalue weighted by Crippen LogP contribution is 2.26. The fourth-order valence-electron chi connectivity index (χ4n) is 4.47. The van der Waals surface area contributed by atoms with Crippen LogP contribution in [0.15, 0.2) is 48.5 Å². The SMILES string of the molecule is C#Cc1ccc(C(C(=O)NC(C)(C)C)N(CCCCCC)C(=O)C(Cc2ccc(O)cc2)NC(=O)OC(C)(C)C)cc1. The monoisotopic (exact) mass is 577 g/mol. The number of phenolic OH excluding ortho intramolecular Hbond substituents is 1. The minimum atomic E-state index is -1.04. The van der Waals surface area contributed by atoms with E-state index >= 15 is 0 Å². The molecule has 0 aliphatic rings. The Morgan fingerprint density at radius 3 is 2.10 bits per heavy atom. The maximum absolute atomic E-state index is 14.5. The van der Waals surface area contributed by atoms with E-state index in [4.69, 9.17) is 11.2 Å². The number of amides is 3. The summed E-state index contributed by atoms with van der Waals surface area (Å²) < 4.78 is 5.49. The number of carbonyl (C=O) groups excluding carboxylic acids is 3. The Morgan fingerprint density at radius 1 is 0.952 bits per heavy atom. The molecule has 0 bridgehead atoms. The molecule has 2 unspecified atom stereocenters. The van der Waals surface area contributed by atoms with Crippen LogP contribution in [0.2, 0.25) is 0 Å². The van der Waals surface area contributed by atoms with Gasteiger partial charge in [0, 0.05) is 24.1 Å². The maximum Gasteiger partial charge on any atom is 0.408 e. The first-order chi connectivity index (χ1) is 19.6. The van der Waals surface area contributed by atoms with Crippen LogP contribution in [0.4, 0.5) is 4.79 Å². The maximum atomic E-state index is 14.5. The van der Waals surface area contributed by atoms with Crippen LogP contribution in [0.25, 0.3) is 0 Å². The molecule has 0 aliphatic heterocycles. The average Bonchev–Trinajstić information content (AvgIpc) is 2.89. The lowest BCUT2D eigenvalue weighted by Gasteiger charge is -2.36. The largest absolute Gasteiger partial charge is 0.508 e. The van der Waals surface area contributed by atoms with E-state index in [2.05, 4.69) is 23.5 Å². The van der Waals surface area contributed by atoms with Gasteiger partial charge < -0.3 is 25.4 Å². The molecule has 0 fully saturated rings. The Bertz CT molecular complexity index is 1220. The zero-order chi connectivity index (χ0) is 31.5. The summed E-state index contributed by atoms with van der Waals surface area (Å²) in [5.74, 6) is 1.93. The Kier molecular flexibility index (Phi) is 12.5. The Morgan fingerprint density at radius 2 is 1.57 bits per heavy atom. The number of unbranched alkanes of at least 4 members (excludes halogenated alkanes) is 3. The average molecular weight is 578 g/mol. The van der Waals surface area contributed by atoms with Crippen molar-refractivity contribution in [3.63, 3.8) is 0 Å². The van der Waals surface area contributed by atoms with E-state index in [9.17, 15) is 19.5 Å². The topological polar surface area (TPSA) is 108 Å². The highest BCUT2D eigenvalue weighted by molar-refractivity contribution is 5.92. The molecule has 2 rings (SSSR count). The zero-order valence-corrected chi connectivity index (χ0v) is 26.1. The number of alkyl carbamates (subject to hydrolysis) is 1. The zero-order valence-electron chi connectivity index (χ0n) is 26.1.